The van der Waals surface area contributed by atoms with Gasteiger partial charge in [0.15, 0.2) is 0 Å². The molecule has 0 aromatic heterocycles. The van der Waals surface area contributed by atoms with Crippen LogP contribution in [-0.4, -0.2) is 25.2 Å². The first-order chi connectivity index (χ1) is 8.43. The molecule has 0 bridgehead atoms. The second kappa shape index (κ2) is 7.13. The van der Waals surface area contributed by atoms with E-state index >= 15 is 0 Å². The van der Waals surface area contributed by atoms with E-state index in [2.05, 4.69) is 33.0 Å². The van der Waals surface area contributed by atoms with Crippen molar-refractivity contribution in [3.05, 3.63) is 0 Å². The number of carbonyl (C=O) groups excluding carboxylic acids is 1. The van der Waals surface area contributed by atoms with E-state index in [-0.39, 0.29) is 12.0 Å². The molecule has 1 aliphatic carbocycles. The minimum atomic E-state index is -0.143. The molecule has 3 heteroatoms. The smallest absolute Gasteiger partial charge is 0.322 e. The first-order valence-corrected chi connectivity index (χ1v) is 7.27. The van der Waals surface area contributed by atoms with Crippen molar-refractivity contribution in [1.29, 1.82) is 0 Å². The number of carbonyl (C=O) groups is 1. The zero-order valence-electron chi connectivity index (χ0n) is 12.5. The number of rotatable bonds is 5. The number of ether oxygens (including phenoxy) is 1. The topological polar surface area (TPSA) is 38.3 Å². The molecule has 0 radical (unpaired) electrons. The van der Waals surface area contributed by atoms with E-state index in [0.29, 0.717) is 17.9 Å². The largest absolute Gasteiger partial charge is 0.468 e. The summed E-state index contributed by atoms with van der Waals surface area (Å²) in [6.45, 7) is 8.89. The Kier molecular flexibility index (Phi) is 6.13. The van der Waals surface area contributed by atoms with Gasteiger partial charge >= 0.3 is 5.97 Å². The summed E-state index contributed by atoms with van der Waals surface area (Å²) in [4.78, 5) is 11.8. The molecule has 106 valence electrons. The summed E-state index contributed by atoms with van der Waals surface area (Å²) in [5.41, 5.74) is 0. The zero-order chi connectivity index (χ0) is 13.7. The number of nitrogens with one attached hydrogen (secondary N) is 1. The van der Waals surface area contributed by atoms with Crippen LogP contribution in [0.1, 0.15) is 53.4 Å². The molecule has 4 atom stereocenters. The summed E-state index contributed by atoms with van der Waals surface area (Å²) < 4.78 is 4.91. The Hall–Kier alpha value is -0.570. The molecule has 3 nitrogen and oxygen atoms in total. The van der Waals surface area contributed by atoms with Gasteiger partial charge in [0.25, 0.3) is 0 Å². The molecule has 0 heterocycles. The molecule has 4 unspecified atom stereocenters. The normalized spacial score (nSPS) is 30.2. The first-order valence-electron chi connectivity index (χ1n) is 7.27. The molecule has 1 saturated carbocycles. The van der Waals surface area contributed by atoms with Gasteiger partial charge in [-0.1, -0.05) is 27.7 Å². The van der Waals surface area contributed by atoms with Crippen LogP contribution in [0.5, 0.6) is 0 Å². The fourth-order valence-electron chi connectivity index (χ4n) is 3.02. The summed E-state index contributed by atoms with van der Waals surface area (Å²) in [7, 11) is 1.48. The summed E-state index contributed by atoms with van der Waals surface area (Å²) >= 11 is 0. The van der Waals surface area contributed by atoms with Crippen molar-refractivity contribution in [2.45, 2.75) is 65.5 Å². The van der Waals surface area contributed by atoms with Gasteiger partial charge in [0.05, 0.1) is 7.11 Å². The Labute approximate surface area is 112 Å². The maximum atomic E-state index is 11.8. The van der Waals surface area contributed by atoms with Gasteiger partial charge in [-0.05, 0) is 43.4 Å². The van der Waals surface area contributed by atoms with E-state index in [0.717, 1.165) is 12.3 Å². The van der Waals surface area contributed by atoms with Crippen molar-refractivity contribution in [3.63, 3.8) is 0 Å². The van der Waals surface area contributed by atoms with Gasteiger partial charge in [-0.25, -0.2) is 0 Å². The number of esters is 1. The third-order valence-corrected chi connectivity index (χ3v) is 4.04. The molecular weight excluding hydrogens is 226 g/mol. The van der Waals surface area contributed by atoms with Crippen molar-refractivity contribution in [1.82, 2.24) is 5.32 Å². The molecule has 18 heavy (non-hydrogen) atoms. The molecule has 1 fully saturated rings. The lowest BCUT2D eigenvalue weighted by Crippen LogP contribution is -2.48. The average molecular weight is 255 g/mol. The van der Waals surface area contributed by atoms with Gasteiger partial charge in [0, 0.05) is 6.04 Å². The van der Waals surface area contributed by atoms with Crippen molar-refractivity contribution < 1.29 is 9.53 Å². The summed E-state index contributed by atoms with van der Waals surface area (Å²) in [6.07, 6.45) is 4.55. The van der Waals surface area contributed by atoms with Crippen LogP contribution in [0.4, 0.5) is 0 Å². The second-order valence-electron chi connectivity index (χ2n) is 6.37. The Bertz CT molecular complexity index is 265. The Morgan fingerprint density at radius 2 is 2.00 bits per heavy atom. The summed E-state index contributed by atoms with van der Waals surface area (Å²) in [6, 6.07) is 0.319. The fourth-order valence-corrected chi connectivity index (χ4v) is 3.02. The van der Waals surface area contributed by atoms with Gasteiger partial charge in [0.1, 0.15) is 6.04 Å². The highest BCUT2D eigenvalue weighted by Crippen LogP contribution is 2.29. The van der Waals surface area contributed by atoms with Crippen LogP contribution >= 0.6 is 0 Å². The molecule has 0 spiro atoms. The third-order valence-electron chi connectivity index (χ3n) is 4.04. The lowest BCUT2D eigenvalue weighted by molar-refractivity contribution is -0.144. The number of hydrogen-bond donors (Lipinski definition) is 1. The van der Waals surface area contributed by atoms with Gasteiger partial charge < -0.3 is 10.1 Å². The third kappa shape index (κ3) is 4.60. The maximum absolute atomic E-state index is 11.8. The quantitative estimate of drug-likeness (QED) is 0.768. The van der Waals surface area contributed by atoms with Crippen molar-refractivity contribution in [3.8, 4) is 0 Å². The van der Waals surface area contributed by atoms with Gasteiger partial charge in [0.2, 0.25) is 0 Å². The van der Waals surface area contributed by atoms with Crippen LogP contribution < -0.4 is 5.32 Å². The lowest BCUT2D eigenvalue weighted by atomic mass is 9.79. The van der Waals surface area contributed by atoms with Crippen LogP contribution in [0.3, 0.4) is 0 Å². The Morgan fingerprint density at radius 3 is 2.50 bits per heavy atom. The van der Waals surface area contributed by atoms with Crippen molar-refractivity contribution >= 4 is 5.97 Å². The van der Waals surface area contributed by atoms with Crippen LogP contribution in [-0.2, 0) is 9.53 Å². The standard InChI is InChI=1S/C15H29NO2/c1-10(2)8-14(15(17)18-5)16-13-7-6-11(3)9-12(13)4/h10-14,16H,6-9H2,1-5H3. The van der Waals surface area contributed by atoms with Crippen molar-refractivity contribution in [2.75, 3.05) is 7.11 Å². The minimum Gasteiger partial charge on any atom is -0.468 e. The monoisotopic (exact) mass is 255 g/mol. The van der Waals surface area contributed by atoms with E-state index in [4.69, 9.17) is 4.74 Å². The zero-order valence-corrected chi connectivity index (χ0v) is 12.5. The molecule has 0 amide bonds. The Balaban J connectivity index is 2.56. The van der Waals surface area contributed by atoms with Crippen LogP contribution in [0.2, 0.25) is 0 Å². The number of methoxy groups -OCH3 is 1. The average Bonchev–Trinajstić information content (AvgIpc) is 2.30. The summed E-state index contributed by atoms with van der Waals surface area (Å²) in [5, 5.41) is 3.53. The van der Waals surface area contributed by atoms with Crippen LogP contribution in [0.15, 0.2) is 0 Å². The van der Waals surface area contributed by atoms with Crippen molar-refractivity contribution in [2.24, 2.45) is 17.8 Å². The Morgan fingerprint density at radius 1 is 1.33 bits per heavy atom. The molecule has 1 aliphatic rings. The van der Waals surface area contributed by atoms with Gasteiger partial charge in [-0.3, -0.25) is 4.79 Å². The molecule has 1 N–H and O–H groups in total. The molecule has 1 rings (SSSR count). The SMILES string of the molecule is COC(=O)C(CC(C)C)NC1CCC(C)CC1C. The molecular formula is C15H29NO2. The number of hydrogen-bond acceptors (Lipinski definition) is 3. The molecule has 0 aromatic carbocycles. The first kappa shape index (κ1) is 15.5. The van der Waals surface area contributed by atoms with Gasteiger partial charge in [-0.15, -0.1) is 0 Å². The lowest BCUT2D eigenvalue weighted by Gasteiger charge is -2.35. The highest BCUT2D eigenvalue weighted by Gasteiger charge is 2.30. The van der Waals surface area contributed by atoms with E-state index in [1.54, 1.807) is 0 Å². The van der Waals surface area contributed by atoms with E-state index in [1.165, 1.54) is 26.4 Å². The summed E-state index contributed by atoms with van der Waals surface area (Å²) in [5.74, 6) is 1.85. The second-order valence-corrected chi connectivity index (χ2v) is 6.37. The van der Waals surface area contributed by atoms with E-state index in [9.17, 15) is 4.79 Å². The minimum absolute atomic E-state index is 0.116. The molecule has 0 aromatic rings. The highest BCUT2D eigenvalue weighted by molar-refractivity contribution is 5.75. The van der Waals surface area contributed by atoms with Gasteiger partial charge in [-0.2, -0.15) is 0 Å². The maximum Gasteiger partial charge on any atom is 0.322 e. The predicted molar refractivity (Wildman–Crippen MR) is 74.4 cm³/mol. The predicted octanol–water partition coefficient (Wildman–Crippen LogP) is 2.99. The van der Waals surface area contributed by atoms with Crippen LogP contribution in [0, 0.1) is 17.8 Å². The van der Waals surface area contributed by atoms with E-state index < -0.39 is 0 Å². The molecule has 0 aliphatic heterocycles. The van der Waals surface area contributed by atoms with E-state index in [1.807, 2.05) is 0 Å². The fraction of sp³-hybridized carbons (Fsp3) is 0.933. The van der Waals surface area contributed by atoms with Crippen LogP contribution in [0.25, 0.3) is 0 Å². The highest BCUT2D eigenvalue weighted by atomic mass is 16.5. The molecule has 0 saturated heterocycles.